The van der Waals surface area contributed by atoms with Gasteiger partial charge in [0.25, 0.3) is 0 Å². The fourth-order valence-electron chi connectivity index (χ4n) is 2.02. The fourth-order valence-corrected chi connectivity index (χ4v) is 2.26. The normalized spacial score (nSPS) is 11.6. The zero-order valence-electron chi connectivity index (χ0n) is 11.4. The molecule has 1 aromatic carbocycles. The summed E-state index contributed by atoms with van der Waals surface area (Å²) in [5.41, 5.74) is 6.00. The van der Waals surface area contributed by atoms with E-state index in [9.17, 15) is 0 Å². The van der Waals surface area contributed by atoms with Crippen molar-refractivity contribution in [1.82, 2.24) is 9.55 Å². The third kappa shape index (κ3) is 2.91. The van der Waals surface area contributed by atoms with Crippen molar-refractivity contribution in [3.8, 4) is 5.75 Å². The van der Waals surface area contributed by atoms with Crippen LogP contribution in [0.1, 0.15) is 25.2 Å². The zero-order valence-corrected chi connectivity index (χ0v) is 12.1. The van der Waals surface area contributed by atoms with E-state index in [1.54, 1.807) is 6.20 Å². The van der Waals surface area contributed by atoms with Crippen molar-refractivity contribution >= 4 is 11.6 Å². The third-order valence-electron chi connectivity index (χ3n) is 2.96. The lowest BCUT2D eigenvalue weighted by Gasteiger charge is -2.26. The second-order valence-corrected chi connectivity index (χ2v) is 5.35. The van der Waals surface area contributed by atoms with Gasteiger partial charge in [0.2, 0.25) is 0 Å². The van der Waals surface area contributed by atoms with Crippen molar-refractivity contribution in [2.45, 2.75) is 26.0 Å². The van der Waals surface area contributed by atoms with Crippen molar-refractivity contribution in [2.75, 3.05) is 0 Å². The van der Waals surface area contributed by atoms with Gasteiger partial charge in [0.1, 0.15) is 5.75 Å². The Morgan fingerprint density at radius 1 is 1.42 bits per heavy atom. The topological polar surface area (TPSA) is 53.1 Å². The van der Waals surface area contributed by atoms with E-state index in [-0.39, 0.29) is 0 Å². The lowest BCUT2D eigenvalue weighted by molar-refractivity contribution is 0.0954. The highest BCUT2D eigenvalue weighted by Crippen LogP contribution is 2.32. The second-order valence-electron chi connectivity index (χ2n) is 4.94. The number of hydrogen-bond donors (Lipinski definition) is 1. The molecule has 0 aliphatic carbocycles. The SMILES string of the molecule is Cn1ccnc1C(C)(C)Oc1ccc(CN)cc1Cl. The average Bonchev–Trinajstić information content (AvgIpc) is 2.79. The van der Waals surface area contributed by atoms with Crippen LogP contribution in [0.25, 0.3) is 0 Å². The summed E-state index contributed by atoms with van der Waals surface area (Å²) >= 11 is 6.21. The van der Waals surface area contributed by atoms with Crippen LogP contribution in [0, 0.1) is 0 Å². The molecule has 1 heterocycles. The van der Waals surface area contributed by atoms with Crippen LogP contribution in [-0.4, -0.2) is 9.55 Å². The van der Waals surface area contributed by atoms with Gasteiger partial charge < -0.3 is 15.0 Å². The Hall–Kier alpha value is -1.52. The van der Waals surface area contributed by atoms with Gasteiger partial charge in [-0.2, -0.15) is 0 Å². The number of ether oxygens (including phenoxy) is 1. The van der Waals surface area contributed by atoms with Gasteiger partial charge in [-0.05, 0) is 31.5 Å². The number of imidazole rings is 1. The molecule has 5 heteroatoms. The van der Waals surface area contributed by atoms with E-state index < -0.39 is 5.60 Å². The molecule has 2 N–H and O–H groups in total. The molecule has 0 bridgehead atoms. The van der Waals surface area contributed by atoms with Crippen LogP contribution in [0.4, 0.5) is 0 Å². The number of benzene rings is 1. The molecule has 0 fully saturated rings. The lowest BCUT2D eigenvalue weighted by Crippen LogP contribution is -2.29. The summed E-state index contributed by atoms with van der Waals surface area (Å²) in [6.45, 7) is 4.38. The Morgan fingerprint density at radius 2 is 2.16 bits per heavy atom. The first-order valence-electron chi connectivity index (χ1n) is 6.09. The maximum atomic E-state index is 6.21. The van der Waals surface area contributed by atoms with E-state index in [2.05, 4.69) is 4.98 Å². The van der Waals surface area contributed by atoms with Crippen LogP contribution in [0.2, 0.25) is 5.02 Å². The lowest BCUT2D eigenvalue weighted by atomic mass is 10.1. The molecule has 4 nitrogen and oxygen atoms in total. The summed E-state index contributed by atoms with van der Waals surface area (Å²) < 4.78 is 7.93. The molecule has 0 spiro atoms. The number of aromatic nitrogens is 2. The third-order valence-corrected chi connectivity index (χ3v) is 3.25. The van der Waals surface area contributed by atoms with Crippen molar-refractivity contribution in [2.24, 2.45) is 12.8 Å². The van der Waals surface area contributed by atoms with Gasteiger partial charge in [-0.3, -0.25) is 0 Å². The molecule has 0 unspecified atom stereocenters. The molecule has 0 amide bonds. The van der Waals surface area contributed by atoms with Crippen molar-refractivity contribution in [1.29, 1.82) is 0 Å². The van der Waals surface area contributed by atoms with Gasteiger partial charge in [-0.15, -0.1) is 0 Å². The Bertz CT molecular complexity index is 578. The number of nitrogens with two attached hydrogens (primary N) is 1. The van der Waals surface area contributed by atoms with E-state index in [0.717, 1.165) is 11.4 Å². The van der Waals surface area contributed by atoms with Gasteiger partial charge in [0.05, 0.1) is 5.02 Å². The zero-order chi connectivity index (χ0) is 14.0. The number of aryl methyl sites for hydroxylation is 1. The Labute approximate surface area is 118 Å². The first-order chi connectivity index (χ1) is 8.94. The largest absolute Gasteiger partial charge is 0.478 e. The Morgan fingerprint density at radius 3 is 2.68 bits per heavy atom. The van der Waals surface area contributed by atoms with Crippen LogP contribution < -0.4 is 10.5 Å². The molecule has 0 aliphatic heterocycles. The van der Waals surface area contributed by atoms with Gasteiger partial charge >= 0.3 is 0 Å². The summed E-state index contributed by atoms with van der Waals surface area (Å²) in [6, 6.07) is 5.58. The smallest absolute Gasteiger partial charge is 0.161 e. The monoisotopic (exact) mass is 279 g/mol. The van der Waals surface area contributed by atoms with Crippen molar-refractivity contribution in [3.05, 3.63) is 47.0 Å². The number of rotatable bonds is 4. The Balaban J connectivity index is 2.28. The number of nitrogens with zero attached hydrogens (tertiary/aromatic N) is 2. The number of halogens is 1. The van der Waals surface area contributed by atoms with Crippen LogP contribution in [0.15, 0.2) is 30.6 Å². The molecule has 2 aromatic rings. The highest BCUT2D eigenvalue weighted by Gasteiger charge is 2.27. The van der Waals surface area contributed by atoms with E-state index in [0.29, 0.717) is 17.3 Å². The molecule has 0 saturated heterocycles. The molecule has 2 rings (SSSR count). The molecule has 0 atom stereocenters. The Kier molecular flexibility index (Phi) is 3.83. The molecule has 19 heavy (non-hydrogen) atoms. The maximum Gasteiger partial charge on any atom is 0.161 e. The number of hydrogen-bond acceptors (Lipinski definition) is 3. The molecule has 0 radical (unpaired) electrons. The fraction of sp³-hybridized carbons (Fsp3) is 0.357. The average molecular weight is 280 g/mol. The standard InChI is InChI=1S/C14H18ClN3O/c1-14(2,13-17-6-7-18(13)3)19-12-5-4-10(9-16)8-11(12)15/h4-8H,9,16H2,1-3H3. The van der Waals surface area contributed by atoms with Gasteiger partial charge in [0.15, 0.2) is 11.4 Å². The second kappa shape index (κ2) is 5.23. The van der Waals surface area contributed by atoms with Crippen LogP contribution in [0.5, 0.6) is 5.75 Å². The van der Waals surface area contributed by atoms with E-state index >= 15 is 0 Å². The molecule has 102 valence electrons. The predicted octanol–water partition coefficient (Wildman–Crippen LogP) is 2.85. The minimum atomic E-state index is -0.563. The van der Waals surface area contributed by atoms with Gasteiger partial charge in [0, 0.05) is 26.0 Å². The van der Waals surface area contributed by atoms with Crippen LogP contribution in [-0.2, 0) is 19.2 Å². The summed E-state index contributed by atoms with van der Waals surface area (Å²) in [7, 11) is 1.94. The van der Waals surface area contributed by atoms with E-state index in [1.165, 1.54) is 0 Å². The molecule has 0 aliphatic rings. The van der Waals surface area contributed by atoms with E-state index in [1.807, 2.05) is 49.9 Å². The summed E-state index contributed by atoms with van der Waals surface area (Å²) in [4.78, 5) is 4.32. The van der Waals surface area contributed by atoms with Crippen LogP contribution in [0.3, 0.4) is 0 Å². The van der Waals surface area contributed by atoms with E-state index in [4.69, 9.17) is 22.1 Å². The summed E-state index contributed by atoms with van der Waals surface area (Å²) in [5.74, 6) is 1.47. The highest BCUT2D eigenvalue weighted by atomic mass is 35.5. The van der Waals surface area contributed by atoms with Gasteiger partial charge in [-0.1, -0.05) is 17.7 Å². The predicted molar refractivity (Wildman–Crippen MR) is 76.2 cm³/mol. The molecular weight excluding hydrogens is 262 g/mol. The maximum absolute atomic E-state index is 6.21. The summed E-state index contributed by atoms with van der Waals surface area (Å²) in [6.07, 6.45) is 3.64. The molecule has 0 saturated carbocycles. The minimum absolute atomic E-state index is 0.461. The van der Waals surface area contributed by atoms with Gasteiger partial charge in [-0.25, -0.2) is 4.98 Å². The minimum Gasteiger partial charge on any atom is -0.478 e. The van der Waals surface area contributed by atoms with Crippen molar-refractivity contribution < 1.29 is 4.74 Å². The van der Waals surface area contributed by atoms with Crippen LogP contribution >= 0.6 is 11.6 Å². The molecular formula is C14H18ClN3O. The quantitative estimate of drug-likeness (QED) is 0.936. The highest BCUT2D eigenvalue weighted by molar-refractivity contribution is 6.32. The first kappa shape index (κ1) is 13.9. The first-order valence-corrected chi connectivity index (χ1v) is 6.47. The molecule has 1 aromatic heterocycles. The summed E-state index contributed by atoms with van der Waals surface area (Å²) in [5, 5.41) is 0.560. The van der Waals surface area contributed by atoms with Crippen molar-refractivity contribution in [3.63, 3.8) is 0 Å².